The van der Waals surface area contributed by atoms with Gasteiger partial charge in [0.25, 0.3) is 0 Å². The average molecular weight is 340 g/mol. The maximum Gasteiger partial charge on any atom is 0.338 e. The number of rotatable bonds is 5. The molecule has 0 aliphatic rings. The molecule has 2 aromatic rings. The van der Waals surface area contributed by atoms with Crippen LogP contribution in [0.4, 0.5) is 0 Å². The van der Waals surface area contributed by atoms with Gasteiger partial charge in [-0.3, -0.25) is 0 Å². The number of hydrogen-bond acceptors (Lipinski definition) is 4. The van der Waals surface area contributed by atoms with Crippen molar-refractivity contribution < 1.29 is 14.3 Å². The first-order valence-corrected chi connectivity index (χ1v) is 7.32. The Balaban J connectivity index is 2.50. The molecule has 0 aliphatic heterocycles. The Morgan fingerprint density at radius 2 is 1.68 bits per heavy atom. The quantitative estimate of drug-likeness (QED) is 0.842. The first-order valence-electron chi connectivity index (χ1n) is 6.56. The zero-order valence-corrected chi connectivity index (χ0v) is 13.4. The van der Waals surface area contributed by atoms with E-state index in [0.29, 0.717) is 34.5 Å². The fourth-order valence-electron chi connectivity index (χ4n) is 1.98. The monoisotopic (exact) mass is 339 g/mol. The van der Waals surface area contributed by atoms with Gasteiger partial charge in [-0.05, 0) is 47.5 Å². The van der Waals surface area contributed by atoms with Gasteiger partial charge in [-0.15, -0.1) is 0 Å². The molecule has 0 unspecified atom stereocenters. The molecule has 2 N–H and O–H groups in total. The van der Waals surface area contributed by atoms with Gasteiger partial charge in [-0.25, -0.2) is 4.79 Å². The normalized spacial score (nSPS) is 10.4. The van der Waals surface area contributed by atoms with Gasteiger partial charge in [-0.1, -0.05) is 23.2 Å². The van der Waals surface area contributed by atoms with E-state index in [2.05, 4.69) is 0 Å². The molecular weight excluding hydrogens is 325 g/mol. The molecule has 0 fully saturated rings. The van der Waals surface area contributed by atoms with Gasteiger partial charge in [0.15, 0.2) is 0 Å². The molecule has 0 spiro atoms. The minimum Gasteiger partial charge on any atom is -0.492 e. The molecule has 0 heterocycles. The van der Waals surface area contributed by atoms with Crippen molar-refractivity contribution in [2.45, 2.75) is 0 Å². The van der Waals surface area contributed by atoms with Gasteiger partial charge < -0.3 is 15.2 Å². The van der Waals surface area contributed by atoms with Crippen molar-refractivity contribution in [1.29, 1.82) is 0 Å². The van der Waals surface area contributed by atoms with Crippen molar-refractivity contribution >= 4 is 29.2 Å². The number of benzene rings is 2. The van der Waals surface area contributed by atoms with Gasteiger partial charge in [0.05, 0.1) is 12.7 Å². The molecule has 0 amide bonds. The second-order valence-electron chi connectivity index (χ2n) is 4.53. The van der Waals surface area contributed by atoms with Crippen molar-refractivity contribution in [2.75, 3.05) is 20.3 Å². The van der Waals surface area contributed by atoms with Crippen molar-refractivity contribution in [3.63, 3.8) is 0 Å². The second kappa shape index (κ2) is 7.49. The molecule has 2 aromatic carbocycles. The second-order valence-corrected chi connectivity index (χ2v) is 5.41. The van der Waals surface area contributed by atoms with E-state index >= 15 is 0 Å². The molecule has 0 radical (unpaired) electrons. The number of esters is 1. The van der Waals surface area contributed by atoms with Crippen LogP contribution < -0.4 is 10.5 Å². The number of methoxy groups -OCH3 is 1. The summed E-state index contributed by atoms with van der Waals surface area (Å²) in [5, 5.41) is 1.02. The van der Waals surface area contributed by atoms with E-state index in [4.69, 9.17) is 38.4 Å². The lowest BCUT2D eigenvalue weighted by Crippen LogP contribution is -2.11. The molecule has 22 heavy (non-hydrogen) atoms. The summed E-state index contributed by atoms with van der Waals surface area (Å²) >= 11 is 12.1. The maximum atomic E-state index is 11.8. The summed E-state index contributed by atoms with van der Waals surface area (Å²) in [5.74, 6) is 0.0759. The Hall–Kier alpha value is -1.75. The Labute approximate surface area is 138 Å². The highest BCUT2D eigenvalue weighted by Crippen LogP contribution is 2.31. The number of halogens is 2. The van der Waals surface area contributed by atoms with Crippen LogP contribution >= 0.6 is 23.2 Å². The number of carbonyl (C=O) groups excluding carboxylic acids is 1. The molecule has 2 rings (SSSR count). The highest BCUT2D eigenvalue weighted by molar-refractivity contribution is 6.35. The Morgan fingerprint density at radius 1 is 1.05 bits per heavy atom. The molecule has 4 nitrogen and oxygen atoms in total. The minimum absolute atomic E-state index is 0.348. The number of ether oxygens (including phenoxy) is 2. The van der Waals surface area contributed by atoms with E-state index in [1.165, 1.54) is 7.11 Å². The molecule has 0 saturated heterocycles. The summed E-state index contributed by atoms with van der Waals surface area (Å²) < 4.78 is 10.3. The van der Waals surface area contributed by atoms with Gasteiger partial charge in [0, 0.05) is 16.6 Å². The largest absolute Gasteiger partial charge is 0.492 e. The van der Waals surface area contributed by atoms with E-state index in [1.807, 2.05) is 0 Å². The predicted molar refractivity (Wildman–Crippen MR) is 87.8 cm³/mol. The maximum absolute atomic E-state index is 11.8. The molecule has 0 atom stereocenters. The van der Waals surface area contributed by atoms with Crippen LogP contribution in [0.3, 0.4) is 0 Å². The van der Waals surface area contributed by atoms with Crippen molar-refractivity contribution in [3.05, 3.63) is 52.0 Å². The van der Waals surface area contributed by atoms with Crippen LogP contribution in [-0.2, 0) is 4.74 Å². The highest BCUT2D eigenvalue weighted by atomic mass is 35.5. The molecule has 0 saturated carbocycles. The molecule has 116 valence electrons. The van der Waals surface area contributed by atoms with Crippen molar-refractivity contribution in [3.8, 4) is 16.9 Å². The number of carbonyl (C=O) groups is 1. The number of nitrogens with two attached hydrogens (primary N) is 1. The van der Waals surface area contributed by atoms with Gasteiger partial charge in [0.2, 0.25) is 0 Å². The van der Waals surface area contributed by atoms with Crippen molar-refractivity contribution in [1.82, 2.24) is 0 Å². The molecule has 6 heteroatoms. The third kappa shape index (κ3) is 4.13. The van der Waals surface area contributed by atoms with Gasteiger partial charge in [-0.2, -0.15) is 0 Å². The summed E-state index contributed by atoms with van der Waals surface area (Å²) in [5.41, 5.74) is 7.34. The van der Waals surface area contributed by atoms with Crippen LogP contribution in [0.1, 0.15) is 10.4 Å². The van der Waals surface area contributed by atoms with E-state index < -0.39 is 5.97 Å². The zero-order chi connectivity index (χ0) is 16.1. The first-order chi connectivity index (χ1) is 10.5. The standard InChI is InChI=1S/C16H15Cl2NO3/c1-21-16(20)12-4-10(7-15(8-12)22-3-2-19)11-5-13(17)9-14(18)6-11/h4-9H,2-3,19H2,1H3. The summed E-state index contributed by atoms with van der Waals surface area (Å²) in [6, 6.07) is 10.3. The molecule has 0 aromatic heterocycles. The van der Waals surface area contributed by atoms with Crippen molar-refractivity contribution in [2.24, 2.45) is 5.73 Å². The molecule has 0 bridgehead atoms. The lowest BCUT2D eigenvalue weighted by molar-refractivity contribution is 0.0600. The fraction of sp³-hybridized carbons (Fsp3) is 0.188. The Bertz CT molecular complexity index is 669. The third-order valence-corrected chi connectivity index (χ3v) is 3.35. The van der Waals surface area contributed by atoms with E-state index in [0.717, 1.165) is 11.1 Å². The third-order valence-electron chi connectivity index (χ3n) is 2.91. The lowest BCUT2D eigenvalue weighted by atomic mass is 10.0. The summed E-state index contributed by atoms with van der Waals surface area (Å²) in [6.07, 6.45) is 0. The summed E-state index contributed by atoms with van der Waals surface area (Å²) in [7, 11) is 1.33. The van der Waals surface area contributed by atoms with E-state index in [9.17, 15) is 4.79 Å². The molecular formula is C16H15Cl2NO3. The fourth-order valence-corrected chi connectivity index (χ4v) is 2.51. The predicted octanol–water partition coefficient (Wildman–Crippen LogP) is 3.78. The van der Waals surface area contributed by atoms with Crippen LogP contribution in [0.5, 0.6) is 5.75 Å². The summed E-state index contributed by atoms with van der Waals surface area (Å²) in [4.78, 5) is 11.8. The summed E-state index contributed by atoms with van der Waals surface area (Å²) in [6.45, 7) is 0.723. The van der Waals surface area contributed by atoms with E-state index in [-0.39, 0.29) is 0 Å². The van der Waals surface area contributed by atoms with Crippen LogP contribution in [0.15, 0.2) is 36.4 Å². The lowest BCUT2D eigenvalue weighted by Gasteiger charge is -2.11. The van der Waals surface area contributed by atoms with Gasteiger partial charge in [0.1, 0.15) is 12.4 Å². The SMILES string of the molecule is COC(=O)c1cc(OCCN)cc(-c2cc(Cl)cc(Cl)c2)c1. The topological polar surface area (TPSA) is 61.5 Å². The molecule has 0 aliphatic carbocycles. The van der Waals surface area contributed by atoms with Crippen LogP contribution in [0, 0.1) is 0 Å². The Kier molecular flexibility index (Phi) is 5.66. The Morgan fingerprint density at radius 3 is 2.27 bits per heavy atom. The van der Waals surface area contributed by atoms with Crippen LogP contribution in [0.25, 0.3) is 11.1 Å². The smallest absolute Gasteiger partial charge is 0.338 e. The van der Waals surface area contributed by atoms with Gasteiger partial charge >= 0.3 is 5.97 Å². The van der Waals surface area contributed by atoms with Crippen LogP contribution in [-0.4, -0.2) is 26.2 Å². The number of hydrogen-bond donors (Lipinski definition) is 1. The van der Waals surface area contributed by atoms with Crippen LogP contribution in [0.2, 0.25) is 10.0 Å². The zero-order valence-electron chi connectivity index (χ0n) is 11.9. The average Bonchev–Trinajstić information content (AvgIpc) is 2.50. The highest BCUT2D eigenvalue weighted by Gasteiger charge is 2.11. The van der Waals surface area contributed by atoms with E-state index in [1.54, 1.807) is 36.4 Å². The first kappa shape index (κ1) is 16.6. The minimum atomic E-state index is -0.451.